The average molecular weight is 1140 g/mol. The highest BCUT2D eigenvalue weighted by Crippen LogP contribution is 2.17. The van der Waals surface area contributed by atoms with Gasteiger partial charge in [0.15, 0.2) is 6.10 Å². The van der Waals surface area contributed by atoms with Crippen LogP contribution in [0.15, 0.2) is 122 Å². The van der Waals surface area contributed by atoms with E-state index in [4.69, 9.17) is 18.9 Å². The van der Waals surface area contributed by atoms with Crippen LogP contribution in [0.25, 0.3) is 0 Å². The minimum atomic E-state index is -1.53. The van der Waals surface area contributed by atoms with Crippen molar-refractivity contribution in [1.82, 2.24) is 0 Å². The third kappa shape index (κ3) is 63.3. The van der Waals surface area contributed by atoms with Gasteiger partial charge in [-0.2, -0.15) is 0 Å². The Balaban J connectivity index is 4.29. The third-order valence-corrected chi connectivity index (χ3v) is 14.0. The SMILES string of the molecule is CC/C=C\C/C=C\C/C=C\C/C=C\C/C=C\C/C=C\C/C=C\C/C=C\C/C=C\C/C=C\CCCCC(=O)OC(COC(=O)CCCCCCCCCCCCCCCCCCCCCCCCCC)COC(OCC[N+](C)(C)C)C(=O)O. The number of hydrogen-bond acceptors (Lipinski definition) is 7. The molecule has 2 atom stereocenters. The second kappa shape index (κ2) is 62.7. The quantitative estimate of drug-likeness (QED) is 0.0211. The second-order valence-electron chi connectivity index (χ2n) is 23.1. The standard InChI is InChI=1S/C73H123NO8/c1-6-8-10-12-14-16-18-20-22-24-26-28-30-32-33-34-35-36-37-38-39-40-42-44-46-48-50-52-54-56-58-60-62-64-71(76)82-69(68-81-73(72(77)78)79-66-65-74(3,4)5)67-80-70(75)63-61-59-57-55-53-51-49-47-45-43-41-31-29-27-25-23-21-19-17-15-13-11-9-7-2/h8,10,14,16,20,22,26,28,32-33,35-36,38-39,42,44,48,50,54,56,69,73H,6-7,9,11-13,15,17-19,21,23-25,27,29-31,34,37,40-41,43,45-47,49,51-53,55,57-68H2,1-5H3/p+1/b10-8-,16-14-,22-20-,28-26-,33-32-,36-35-,39-38-,44-42-,50-48-,56-54-. The van der Waals surface area contributed by atoms with Crippen molar-refractivity contribution in [3.8, 4) is 0 Å². The largest absolute Gasteiger partial charge is 0.477 e. The summed E-state index contributed by atoms with van der Waals surface area (Å²) in [5.74, 6) is -2.07. The number of quaternary nitrogens is 1. The fraction of sp³-hybridized carbons (Fsp3) is 0.685. The number of ether oxygens (including phenoxy) is 4. The minimum Gasteiger partial charge on any atom is -0.477 e. The van der Waals surface area contributed by atoms with E-state index >= 15 is 0 Å². The van der Waals surface area contributed by atoms with Crippen LogP contribution in [0, 0.1) is 0 Å². The molecule has 0 saturated heterocycles. The number of likely N-dealkylation sites (N-methyl/N-ethyl adjacent to an activating group) is 1. The molecule has 0 aliphatic carbocycles. The summed E-state index contributed by atoms with van der Waals surface area (Å²) in [4.78, 5) is 37.5. The molecule has 2 unspecified atom stereocenters. The first-order valence-corrected chi connectivity index (χ1v) is 33.2. The maximum Gasteiger partial charge on any atom is 0.361 e. The van der Waals surface area contributed by atoms with Gasteiger partial charge >= 0.3 is 17.9 Å². The highest BCUT2D eigenvalue weighted by molar-refractivity contribution is 5.71. The van der Waals surface area contributed by atoms with Crippen molar-refractivity contribution < 1.29 is 42.9 Å². The number of nitrogens with zero attached hydrogens (tertiary/aromatic N) is 1. The Morgan fingerprint density at radius 2 is 0.695 bits per heavy atom. The number of carbonyl (C=O) groups excluding carboxylic acids is 2. The molecular weight excluding hydrogens is 1020 g/mol. The number of carbonyl (C=O) groups is 3. The van der Waals surface area contributed by atoms with Gasteiger partial charge in [0.1, 0.15) is 13.2 Å². The summed E-state index contributed by atoms with van der Waals surface area (Å²) in [5.41, 5.74) is 0. The summed E-state index contributed by atoms with van der Waals surface area (Å²) in [6, 6.07) is 0. The molecule has 0 aliphatic heterocycles. The Morgan fingerprint density at radius 3 is 1.04 bits per heavy atom. The van der Waals surface area contributed by atoms with Gasteiger partial charge in [0, 0.05) is 12.8 Å². The Labute approximate surface area is 504 Å². The Bertz CT molecular complexity index is 1760. The lowest BCUT2D eigenvalue weighted by molar-refractivity contribution is -0.870. The number of aliphatic carboxylic acids is 1. The minimum absolute atomic E-state index is 0.174. The van der Waals surface area contributed by atoms with E-state index < -0.39 is 24.3 Å². The summed E-state index contributed by atoms with van der Waals surface area (Å²) in [6.07, 6.45) is 85.9. The van der Waals surface area contributed by atoms with Crippen LogP contribution in [0.5, 0.6) is 0 Å². The van der Waals surface area contributed by atoms with Crippen molar-refractivity contribution in [3.05, 3.63) is 122 Å². The highest BCUT2D eigenvalue weighted by atomic mass is 16.7. The van der Waals surface area contributed by atoms with E-state index in [2.05, 4.69) is 135 Å². The lowest BCUT2D eigenvalue weighted by Crippen LogP contribution is -2.40. The number of carboxylic acids is 1. The molecular formula is C73H124NO8+. The van der Waals surface area contributed by atoms with Gasteiger partial charge in [-0.1, -0.05) is 283 Å². The molecule has 0 rings (SSSR count). The molecule has 0 saturated carbocycles. The van der Waals surface area contributed by atoms with E-state index in [-0.39, 0.29) is 38.6 Å². The van der Waals surface area contributed by atoms with Crippen LogP contribution < -0.4 is 0 Å². The van der Waals surface area contributed by atoms with E-state index in [0.717, 1.165) is 96.3 Å². The lowest BCUT2D eigenvalue weighted by Gasteiger charge is -2.25. The van der Waals surface area contributed by atoms with Crippen LogP contribution in [-0.4, -0.2) is 87.4 Å². The Morgan fingerprint density at radius 1 is 0.378 bits per heavy atom. The zero-order chi connectivity index (χ0) is 59.8. The number of carboxylic acid groups (broad SMARTS) is 1. The second-order valence-corrected chi connectivity index (χ2v) is 23.1. The van der Waals surface area contributed by atoms with Crippen LogP contribution in [0.4, 0.5) is 0 Å². The number of hydrogen-bond donors (Lipinski definition) is 1. The molecule has 0 bridgehead atoms. The van der Waals surface area contributed by atoms with Crippen molar-refractivity contribution in [2.75, 3.05) is 47.5 Å². The van der Waals surface area contributed by atoms with E-state index in [0.29, 0.717) is 17.4 Å². The van der Waals surface area contributed by atoms with Gasteiger partial charge in [0.2, 0.25) is 0 Å². The van der Waals surface area contributed by atoms with Crippen LogP contribution >= 0.6 is 0 Å². The Hall–Kier alpha value is -4.31. The first-order valence-electron chi connectivity index (χ1n) is 33.2. The monoisotopic (exact) mass is 1140 g/mol. The summed E-state index contributed by atoms with van der Waals surface area (Å²) in [7, 11) is 5.95. The average Bonchev–Trinajstić information content (AvgIpc) is 3.45. The fourth-order valence-corrected chi connectivity index (χ4v) is 8.92. The molecule has 0 radical (unpaired) electrons. The zero-order valence-electron chi connectivity index (χ0n) is 53.4. The first-order chi connectivity index (χ1) is 40.1. The smallest absolute Gasteiger partial charge is 0.361 e. The summed E-state index contributed by atoms with van der Waals surface area (Å²) in [6.45, 7) is 4.73. The third-order valence-electron chi connectivity index (χ3n) is 14.0. The van der Waals surface area contributed by atoms with Gasteiger partial charge < -0.3 is 28.5 Å². The maximum atomic E-state index is 12.9. The predicted molar refractivity (Wildman–Crippen MR) is 350 cm³/mol. The molecule has 468 valence electrons. The summed E-state index contributed by atoms with van der Waals surface area (Å²) < 4.78 is 22.9. The van der Waals surface area contributed by atoms with E-state index in [1.807, 2.05) is 21.1 Å². The molecule has 0 spiro atoms. The van der Waals surface area contributed by atoms with Crippen molar-refractivity contribution in [2.24, 2.45) is 0 Å². The summed E-state index contributed by atoms with van der Waals surface area (Å²) >= 11 is 0. The molecule has 0 aliphatic rings. The van der Waals surface area contributed by atoms with Gasteiger partial charge in [0.05, 0.1) is 34.4 Å². The molecule has 82 heavy (non-hydrogen) atoms. The molecule has 0 aromatic carbocycles. The van der Waals surface area contributed by atoms with E-state index in [1.54, 1.807) is 0 Å². The van der Waals surface area contributed by atoms with E-state index in [9.17, 15) is 19.5 Å². The van der Waals surface area contributed by atoms with Crippen LogP contribution in [0.2, 0.25) is 0 Å². The van der Waals surface area contributed by atoms with Crippen molar-refractivity contribution in [1.29, 1.82) is 0 Å². The maximum absolute atomic E-state index is 12.9. The molecule has 1 N–H and O–H groups in total. The number of allylic oxidation sites excluding steroid dienone is 20. The molecule has 0 heterocycles. The van der Waals surface area contributed by atoms with Gasteiger partial charge in [0.25, 0.3) is 6.29 Å². The molecule has 9 nitrogen and oxygen atoms in total. The van der Waals surface area contributed by atoms with Crippen molar-refractivity contribution in [2.45, 2.75) is 277 Å². The molecule has 0 fully saturated rings. The van der Waals surface area contributed by atoms with Gasteiger partial charge in [-0.25, -0.2) is 4.79 Å². The number of rotatable bonds is 60. The fourth-order valence-electron chi connectivity index (χ4n) is 8.92. The number of unbranched alkanes of at least 4 members (excludes halogenated alkanes) is 25. The molecule has 0 aromatic heterocycles. The lowest BCUT2D eigenvalue weighted by atomic mass is 10.0. The van der Waals surface area contributed by atoms with Crippen LogP contribution in [-0.2, 0) is 33.3 Å². The predicted octanol–water partition coefficient (Wildman–Crippen LogP) is 20.4. The van der Waals surface area contributed by atoms with Crippen LogP contribution in [0.3, 0.4) is 0 Å². The molecule has 0 amide bonds. The van der Waals surface area contributed by atoms with Crippen molar-refractivity contribution in [3.63, 3.8) is 0 Å². The normalized spacial score (nSPS) is 13.5. The van der Waals surface area contributed by atoms with Crippen molar-refractivity contribution >= 4 is 17.9 Å². The van der Waals surface area contributed by atoms with E-state index in [1.165, 1.54) is 135 Å². The highest BCUT2D eigenvalue weighted by Gasteiger charge is 2.25. The molecule has 9 heteroatoms. The molecule has 0 aromatic rings. The van der Waals surface area contributed by atoms with Gasteiger partial charge in [-0.3, -0.25) is 9.59 Å². The summed E-state index contributed by atoms with van der Waals surface area (Å²) in [5, 5.41) is 9.73. The zero-order valence-corrected chi connectivity index (χ0v) is 53.4. The number of esters is 2. The van der Waals surface area contributed by atoms with Gasteiger partial charge in [-0.05, 0) is 89.9 Å². The topological polar surface area (TPSA) is 108 Å². The first kappa shape index (κ1) is 77.7. The Kier molecular flexibility index (Phi) is 59.4. The van der Waals surface area contributed by atoms with Gasteiger partial charge in [-0.15, -0.1) is 0 Å². The van der Waals surface area contributed by atoms with Crippen LogP contribution in [0.1, 0.15) is 264 Å².